The van der Waals surface area contributed by atoms with Crippen molar-refractivity contribution < 1.29 is 13.2 Å². The van der Waals surface area contributed by atoms with Gasteiger partial charge < -0.3 is 4.98 Å². The smallest absolute Gasteiger partial charge is 0.310 e. The Morgan fingerprint density at radius 3 is 2.71 bits per heavy atom. The maximum atomic E-state index is 12.7. The van der Waals surface area contributed by atoms with Gasteiger partial charge in [-0.2, -0.15) is 18.3 Å². The largest absolute Gasteiger partial charge is 0.425 e. The van der Waals surface area contributed by atoms with Crippen LogP contribution in [0.3, 0.4) is 0 Å². The lowest BCUT2D eigenvalue weighted by atomic mass is 10.3. The Morgan fingerprint density at radius 1 is 1.33 bits per heavy atom. The third kappa shape index (κ3) is 2.66. The molecule has 0 bridgehead atoms. The molecule has 0 saturated carbocycles. The van der Waals surface area contributed by atoms with E-state index < -0.39 is 16.6 Å². The third-order valence-corrected chi connectivity index (χ3v) is 3.77. The molecule has 3 rings (SSSR count). The molecule has 2 N–H and O–H groups in total. The molecule has 0 saturated heterocycles. The molecule has 3 heterocycles. The second-order valence-corrected chi connectivity index (χ2v) is 5.38. The zero-order chi connectivity index (χ0) is 15.2. The van der Waals surface area contributed by atoms with Gasteiger partial charge in [-0.3, -0.25) is 9.89 Å². The van der Waals surface area contributed by atoms with Crippen LogP contribution in [0, 0.1) is 6.92 Å². The Labute approximate surface area is 119 Å². The highest BCUT2D eigenvalue weighted by Gasteiger charge is 2.33. The molecule has 0 amide bonds. The van der Waals surface area contributed by atoms with Crippen LogP contribution in [0.25, 0.3) is 10.2 Å². The zero-order valence-electron chi connectivity index (χ0n) is 10.6. The monoisotopic (exact) mass is 315 g/mol. The van der Waals surface area contributed by atoms with Crippen molar-refractivity contribution in [3.8, 4) is 0 Å². The first-order valence-electron chi connectivity index (χ1n) is 5.81. The van der Waals surface area contributed by atoms with Crippen molar-refractivity contribution in [2.75, 3.05) is 0 Å². The van der Waals surface area contributed by atoms with Crippen molar-refractivity contribution in [3.63, 3.8) is 0 Å². The highest BCUT2D eigenvalue weighted by molar-refractivity contribution is 7.18. The molecule has 0 aliphatic heterocycles. The SMILES string of the molecule is Cc1nc(Cc2nc3sc(C(F)(F)F)cc3c(=O)[nH]2)n[nH]1. The number of hydrogen-bond acceptors (Lipinski definition) is 5. The van der Waals surface area contributed by atoms with Crippen LogP contribution >= 0.6 is 11.3 Å². The van der Waals surface area contributed by atoms with E-state index in [2.05, 4.69) is 25.1 Å². The summed E-state index contributed by atoms with van der Waals surface area (Å²) in [6.45, 7) is 1.71. The van der Waals surface area contributed by atoms with Crippen LogP contribution in [0.1, 0.15) is 22.4 Å². The summed E-state index contributed by atoms with van der Waals surface area (Å²) in [6.07, 6.45) is -4.35. The standard InChI is InChI=1S/C11H8F3N5OS/c1-4-15-8(19-18-4)3-7-16-9(20)5-2-6(11(12,13)14)21-10(5)17-7/h2H,3H2,1H3,(H,15,18,19)(H,16,17,20). The quantitative estimate of drug-likeness (QED) is 0.757. The number of aromatic nitrogens is 5. The van der Waals surface area contributed by atoms with E-state index in [1.807, 2.05) is 0 Å². The number of hydrogen-bond donors (Lipinski definition) is 2. The Hall–Kier alpha value is -2.23. The van der Waals surface area contributed by atoms with E-state index in [4.69, 9.17) is 0 Å². The molecule has 3 aromatic rings. The maximum absolute atomic E-state index is 12.7. The first-order chi connectivity index (χ1) is 9.83. The van der Waals surface area contributed by atoms with E-state index in [1.165, 1.54) is 0 Å². The van der Waals surface area contributed by atoms with E-state index in [0.29, 0.717) is 23.0 Å². The van der Waals surface area contributed by atoms with Crippen LogP contribution in [0.2, 0.25) is 0 Å². The molecule has 110 valence electrons. The van der Waals surface area contributed by atoms with Gasteiger partial charge in [-0.25, -0.2) is 9.97 Å². The molecule has 0 aliphatic rings. The van der Waals surface area contributed by atoms with E-state index in [-0.39, 0.29) is 22.5 Å². The van der Waals surface area contributed by atoms with Crippen molar-refractivity contribution >= 4 is 21.6 Å². The van der Waals surface area contributed by atoms with Gasteiger partial charge in [-0.1, -0.05) is 0 Å². The van der Waals surface area contributed by atoms with Gasteiger partial charge in [-0.15, -0.1) is 11.3 Å². The molecule has 0 unspecified atom stereocenters. The average molecular weight is 315 g/mol. The van der Waals surface area contributed by atoms with E-state index in [1.54, 1.807) is 6.92 Å². The van der Waals surface area contributed by atoms with Gasteiger partial charge in [0.25, 0.3) is 5.56 Å². The maximum Gasteiger partial charge on any atom is 0.425 e. The molecule has 0 spiro atoms. The van der Waals surface area contributed by atoms with Gasteiger partial charge >= 0.3 is 6.18 Å². The highest BCUT2D eigenvalue weighted by Crippen LogP contribution is 2.36. The van der Waals surface area contributed by atoms with Gasteiger partial charge in [0, 0.05) is 0 Å². The topological polar surface area (TPSA) is 87.3 Å². The minimum Gasteiger partial charge on any atom is -0.310 e. The molecule has 0 aliphatic carbocycles. The fraction of sp³-hybridized carbons (Fsp3) is 0.273. The fourth-order valence-corrected chi connectivity index (χ4v) is 2.74. The van der Waals surface area contributed by atoms with Crippen molar-refractivity contribution in [1.29, 1.82) is 0 Å². The Kier molecular flexibility index (Phi) is 3.04. The summed E-state index contributed by atoms with van der Waals surface area (Å²) >= 11 is 0.444. The Morgan fingerprint density at radius 2 is 2.10 bits per heavy atom. The molecular weight excluding hydrogens is 307 g/mol. The molecule has 0 aromatic carbocycles. The molecule has 0 atom stereocenters. The van der Waals surface area contributed by atoms with Crippen LogP contribution in [0.4, 0.5) is 13.2 Å². The van der Waals surface area contributed by atoms with Gasteiger partial charge in [0.2, 0.25) is 0 Å². The average Bonchev–Trinajstić information content (AvgIpc) is 2.95. The van der Waals surface area contributed by atoms with Crippen LogP contribution in [0.5, 0.6) is 0 Å². The molecular formula is C11H8F3N5OS. The fourth-order valence-electron chi connectivity index (χ4n) is 1.82. The van der Waals surface area contributed by atoms with Gasteiger partial charge in [0.15, 0.2) is 5.82 Å². The van der Waals surface area contributed by atoms with Crippen LogP contribution < -0.4 is 5.56 Å². The third-order valence-electron chi connectivity index (χ3n) is 2.70. The number of H-pyrrole nitrogens is 2. The number of thiophene rings is 1. The van der Waals surface area contributed by atoms with Crippen LogP contribution in [0.15, 0.2) is 10.9 Å². The molecule has 10 heteroatoms. The minimum atomic E-state index is -4.49. The summed E-state index contributed by atoms with van der Waals surface area (Å²) in [5.41, 5.74) is -0.603. The Balaban J connectivity index is 2.04. The summed E-state index contributed by atoms with van der Waals surface area (Å²) in [5.74, 6) is 1.23. The first kappa shape index (κ1) is 13.7. The lowest BCUT2D eigenvalue weighted by Gasteiger charge is -1.99. The van der Waals surface area contributed by atoms with E-state index in [9.17, 15) is 18.0 Å². The lowest BCUT2D eigenvalue weighted by molar-refractivity contribution is -0.134. The van der Waals surface area contributed by atoms with E-state index in [0.717, 1.165) is 6.07 Å². The molecule has 3 aromatic heterocycles. The number of nitrogens with zero attached hydrogens (tertiary/aromatic N) is 3. The number of aromatic amines is 2. The molecule has 0 radical (unpaired) electrons. The van der Waals surface area contributed by atoms with Crippen LogP contribution in [-0.4, -0.2) is 25.1 Å². The number of aryl methyl sites for hydroxylation is 1. The summed E-state index contributed by atoms with van der Waals surface area (Å²) in [6, 6.07) is 0.812. The van der Waals surface area contributed by atoms with Gasteiger partial charge in [-0.05, 0) is 13.0 Å². The second kappa shape index (κ2) is 4.65. The first-order valence-corrected chi connectivity index (χ1v) is 6.62. The number of nitrogens with one attached hydrogen (secondary N) is 2. The number of rotatable bonds is 2. The summed E-state index contributed by atoms with van der Waals surface area (Å²) < 4.78 is 38.0. The summed E-state index contributed by atoms with van der Waals surface area (Å²) in [5, 5.41) is 6.46. The van der Waals surface area contributed by atoms with Crippen molar-refractivity contribution in [1.82, 2.24) is 25.1 Å². The molecule has 21 heavy (non-hydrogen) atoms. The number of halogens is 3. The summed E-state index contributed by atoms with van der Waals surface area (Å²) in [7, 11) is 0. The second-order valence-electron chi connectivity index (χ2n) is 4.35. The summed E-state index contributed by atoms with van der Waals surface area (Å²) in [4.78, 5) is 21.6. The normalized spacial score (nSPS) is 12.2. The van der Waals surface area contributed by atoms with E-state index >= 15 is 0 Å². The molecule has 6 nitrogen and oxygen atoms in total. The highest BCUT2D eigenvalue weighted by atomic mass is 32.1. The Bertz CT molecular complexity index is 863. The van der Waals surface area contributed by atoms with Crippen molar-refractivity contribution in [2.45, 2.75) is 19.5 Å². The number of fused-ring (bicyclic) bond motifs is 1. The predicted molar refractivity (Wildman–Crippen MR) is 69.2 cm³/mol. The van der Waals surface area contributed by atoms with Crippen molar-refractivity contribution in [3.05, 3.63) is 38.8 Å². The predicted octanol–water partition coefficient (Wildman–Crippen LogP) is 2.02. The van der Waals surface area contributed by atoms with Gasteiger partial charge in [0.05, 0.1) is 11.8 Å². The van der Waals surface area contributed by atoms with Crippen LogP contribution in [-0.2, 0) is 12.6 Å². The lowest BCUT2D eigenvalue weighted by Crippen LogP contribution is -2.11. The molecule has 0 fully saturated rings. The minimum absolute atomic E-state index is 0.0494. The van der Waals surface area contributed by atoms with Crippen molar-refractivity contribution in [2.24, 2.45) is 0 Å². The van der Waals surface area contributed by atoms with Gasteiger partial charge in [0.1, 0.15) is 21.4 Å². The number of alkyl halides is 3. The zero-order valence-corrected chi connectivity index (χ0v) is 11.4.